The molecule has 8 nitrogen and oxygen atoms in total. The van der Waals surface area contributed by atoms with Gasteiger partial charge in [0.25, 0.3) is 0 Å². The second kappa shape index (κ2) is 6.17. The maximum atomic E-state index is 13.8. The minimum Gasteiger partial charge on any atom is -0.459 e. The number of nitrogens with two attached hydrogens (primary N) is 1. The Balaban J connectivity index is 1.75. The summed E-state index contributed by atoms with van der Waals surface area (Å²) < 4.78 is 11.7. The number of hydrogen-bond acceptors (Lipinski definition) is 8. The van der Waals surface area contributed by atoms with Gasteiger partial charge in [0.15, 0.2) is 5.78 Å². The lowest BCUT2D eigenvalue weighted by Gasteiger charge is -2.74. The monoisotopic (exact) mass is 435 g/mol. The van der Waals surface area contributed by atoms with Crippen LogP contribution in [0.2, 0.25) is 0 Å². The molecule has 172 valence electrons. The number of ketones is 1. The van der Waals surface area contributed by atoms with Crippen molar-refractivity contribution in [2.24, 2.45) is 39.7 Å². The fraction of sp³-hybridized carbons (Fsp3) is 0.826. The van der Waals surface area contributed by atoms with Crippen LogP contribution >= 0.6 is 0 Å². The van der Waals surface area contributed by atoms with Crippen molar-refractivity contribution in [2.45, 2.75) is 76.6 Å². The first-order valence-corrected chi connectivity index (χ1v) is 11.3. The summed E-state index contributed by atoms with van der Waals surface area (Å²) >= 11 is 0. The van der Waals surface area contributed by atoms with E-state index in [0.29, 0.717) is 25.7 Å². The van der Waals surface area contributed by atoms with Gasteiger partial charge in [0.1, 0.15) is 23.7 Å². The maximum Gasteiger partial charge on any atom is 0.322 e. The molecule has 0 aromatic heterocycles. The highest BCUT2D eigenvalue weighted by Gasteiger charge is 2.87. The second-order valence-corrected chi connectivity index (χ2v) is 11.2. The summed E-state index contributed by atoms with van der Waals surface area (Å²) in [6.45, 7) is 9.56. The molecule has 0 aromatic rings. The molecule has 2 heterocycles. The van der Waals surface area contributed by atoms with Crippen molar-refractivity contribution in [3.63, 3.8) is 0 Å². The van der Waals surface area contributed by atoms with E-state index < -0.39 is 70.5 Å². The number of esters is 1. The van der Waals surface area contributed by atoms with Crippen molar-refractivity contribution < 1.29 is 34.4 Å². The molecule has 6 rings (SSSR count). The molecule has 31 heavy (non-hydrogen) atoms. The van der Waals surface area contributed by atoms with Crippen LogP contribution in [-0.4, -0.2) is 63.8 Å². The van der Waals surface area contributed by atoms with Crippen LogP contribution in [0.5, 0.6) is 0 Å². The number of carbonyl (C=O) groups is 2. The first kappa shape index (κ1) is 21.5. The third kappa shape index (κ3) is 2.14. The lowest BCUT2D eigenvalue weighted by atomic mass is 9.35. The molecule has 2 aliphatic heterocycles. The number of aliphatic hydroxyl groups is 3. The Kier molecular flexibility index (Phi) is 4.28. The second-order valence-electron chi connectivity index (χ2n) is 11.2. The SMILES string of the molecule is C=C1C(=O)[C@]23[C@H](OC(=O)[C@H](C)N)[C@H]1CC[C@H]2[C@@]12CO[C@]3(O)[C@@H](O)[C@@H]1C(C)(C)CC[C@@H]2O. The van der Waals surface area contributed by atoms with Crippen LogP contribution in [0.15, 0.2) is 12.2 Å². The molecule has 6 fully saturated rings. The Bertz CT molecular complexity index is 870. The largest absolute Gasteiger partial charge is 0.459 e. The van der Waals surface area contributed by atoms with Gasteiger partial charge in [-0.1, -0.05) is 20.4 Å². The van der Waals surface area contributed by atoms with Gasteiger partial charge in [-0.15, -0.1) is 0 Å². The number of ether oxygens (including phenoxy) is 2. The van der Waals surface area contributed by atoms with Crippen LogP contribution in [-0.2, 0) is 19.1 Å². The minimum atomic E-state index is -2.24. The average molecular weight is 436 g/mol. The highest BCUT2D eigenvalue weighted by atomic mass is 16.6. The predicted molar refractivity (Wildman–Crippen MR) is 108 cm³/mol. The molecule has 10 atom stereocenters. The molecule has 0 aromatic carbocycles. The number of fused-ring (bicyclic) bond motifs is 2. The molecule has 4 bridgehead atoms. The average Bonchev–Trinajstić information content (AvgIpc) is 2.81. The van der Waals surface area contributed by atoms with Crippen LogP contribution in [0.4, 0.5) is 0 Å². The number of hydrogen-bond donors (Lipinski definition) is 4. The Morgan fingerprint density at radius 3 is 2.61 bits per heavy atom. The van der Waals surface area contributed by atoms with Gasteiger partial charge >= 0.3 is 5.97 Å². The zero-order valence-electron chi connectivity index (χ0n) is 18.3. The summed E-state index contributed by atoms with van der Waals surface area (Å²) in [5, 5.41) is 34.9. The van der Waals surface area contributed by atoms with E-state index in [2.05, 4.69) is 6.58 Å². The first-order valence-electron chi connectivity index (χ1n) is 11.3. The van der Waals surface area contributed by atoms with Crippen LogP contribution in [0.1, 0.15) is 46.5 Å². The van der Waals surface area contributed by atoms with E-state index in [-0.39, 0.29) is 17.6 Å². The molecule has 4 aliphatic carbocycles. The summed E-state index contributed by atoms with van der Waals surface area (Å²) in [7, 11) is 0. The van der Waals surface area contributed by atoms with Crippen molar-refractivity contribution in [1.82, 2.24) is 0 Å². The normalized spacial score (nSPS) is 53.0. The summed E-state index contributed by atoms with van der Waals surface area (Å²) in [6.07, 6.45) is -0.999. The van der Waals surface area contributed by atoms with Crippen LogP contribution in [0, 0.1) is 34.0 Å². The molecular formula is C23H33NO7. The predicted octanol–water partition coefficient (Wildman–Crippen LogP) is 0.274. The Morgan fingerprint density at radius 1 is 1.29 bits per heavy atom. The van der Waals surface area contributed by atoms with Crippen LogP contribution < -0.4 is 5.73 Å². The highest BCUT2D eigenvalue weighted by molar-refractivity contribution is 6.05. The molecule has 0 amide bonds. The first-order chi connectivity index (χ1) is 14.4. The topological polar surface area (TPSA) is 139 Å². The van der Waals surface area contributed by atoms with Crippen molar-refractivity contribution >= 4 is 11.8 Å². The third-order valence-electron chi connectivity index (χ3n) is 9.46. The standard InChI is InChI=1S/C23H33NO7/c1-10-12-5-6-13-21-9-30-23(29,17(27)15(21)20(3,4)8-7-14(21)25)22(13,16(10)26)18(12)31-19(28)11(2)24/h11-15,17-18,25,27,29H,1,5-9,24H2,2-4H3/t11-,12-,13-,14-,15+,17-,18+,21+,22-,23+/m0/s1. The van der Waals surface area contributed by atoms with Crippen molar-refractivity contribution in [3.05, 3.63) is 12.2 Å². The molecule has 0 radical (unpaired) electrons. The maximum absolute atomic E-state index is 13.8. The van der Waals surface area contributed by atoms with E-state index >= 15 is 0 Å². The van der Waals surface area contributed by atoms with E-state index in [0.717, 1.165) is 0 Å². The van der Waals surface area contributed by atoms with Crippen LogP contribution in [0.3, 0.4) is 0 Å². The Labute approximate surface area is 181 Å². The number of aliphatic hydroxyl groups excluding tert-OH is 2. The Hall–Kier alpha value is -1.32. The van der Waals surface area contributed by atoms with E-state index in [1.54, 1.807) is 0 Å². The van der Waals surface area contributed by atoms with Gasteiger partial charge < -0.3 is 30.5 Å². The third-order valence-corrected chi connectivity index (χ3v) is 9.46. The van der Waals surface area contributed by atoms with Crippen molar-refractivity contribution in [1.29, 1.82) is 0 Å². The van der Waals surface area contributed by atoms with Gasteiger partial charge in [0.05, 0.1) is 12.7 Å². The van der Waals surface area contributed by atoms with Gasteiger partial charge in [-0.05, 0) is 49.5 Å². The molecular weight excluding hydrogens is 402 g/mol. The molecule has 0 unspecified atom stereocenters. The number of Topliss-reactive ketones (excluding diaryl/α,β-unsaturated/α-hetero) is 1. The van der Waals surface area contributed by atoms with E-state index in [1.807, 2.05) is 13.8 Å². The summed E-state index contributed by atoms with van der Waals surface area (Å²) in [5.41, 5.74) is 2.98. The van der Waals surface area contributed by atoms with E-state index in [4.69, 9.17) is 15.2 Å². The van der Waals surface area contributed by atoms with Gasteiger partial charge in [0.2, 0.25) is 5.79 Å². The lowest BCUT2D eigenvalue weighted by Crippen LogP contribution is -2.85. The minimum absolute atomic E-state index is 0.0423. The fourth-order valence-corrected chi connectivity index (χ4v) is 8.27. The van der Waals surface area contributed by atoms with Crippen molar-refractivity contribution in [3.8, 4) is 0 Å². The van der Waals surface area contributed by atoms with Crippen molar-refractivity contribution in [2.75, 3.05) is 6.61 Å². The summed E-state index contributed by atoms with van der Waals surface area (Å²) in [5.74, 6) is -4.82. The molecule has 4 saturated carbocycles. The molecule has 5 N–H and O–H groups in total. The van der Waals surface area contributed by atoms with Gasteiger partial charge in [0, 0.05) is 17.3 Å². The quantitative estimate of drug-likeness (QED) is 0.358. The number of carbonyl (C=O) groups excluding carboxylic acids is 2. The zero-order valence-corrected chi connectivity index (χ0v) is 18.3. The molecule has 2 saturated heterocycles. The fourth-order valence-electron chi connectivity index (χ4n) is 8.27. The van der Waals surface area contributed by atoms with Crippen LogP contribution in [0.25, 0.3) is 0 Å². The summed E-state index contributed by atoms with van der Waals surface area (Å²) in [4.78, 5) is 26.4. The van der Waals surface area contributed by atoms with Gasteiger partial charge in [-0.25, -0.2) is 0 Å². The van der Waals surface area contributed by atoms with E-state index in [9.17, 15) is 24.9 Å². The molecule has 2 spiro atoms. The van der Waals surface area contributed by atoms with E-state index in [1.165, 1.54) is 6.92 Å². The molecule has 6 aliphatic rings. The van der Waals surface area contributed by atoms with Gasteiger partial charge in [-0.2, -0.15) is 0 Å². The lowest BCUT2D eigenvalue weighted by molar-refractivity contribution is -0.458. The number of rotatable bonds is 2. The molecule has 8 heteroatoms. The van der Waals surface area contributed by atoms with Gasteiger partial charge in [-0.3, -0.25) is 9.59 Å². The summed E-state index contributed by atoms with van der Waals surface area (Å²) in [6, 6.07) is -0.911. The highest BCUT2D eigenvalue weighted by Crippen LogP contribution is 2.76. The zero-order chi connectivity index (χ0) is 22.7. The smallest absolute Gasteiger partial charge is 0.322 e. The Morgan fingerprint density at radius 2 is 1.97 bits per heavy atom.